The molecule has 2 heterocycles. The van der Waals surface area contributed by atoms with Crippen molar-refractivity contribution in [1.29, 1.82) is 0 Å². The third-order valence-corrected chi connectivity index (χ3v) is 7.19. The molecule has 4 rings (SSSR count). The van der Waals surface area contributed by atoms with Gasteiger partial charge in [-0.2, -0.15) is 0 Å². The lowest BCUT2D eigenvalue weighted by molar-refractivity contribution is -0.132. The van der Waals surface area contributed by atoms with Gasteiger partial charge in [-0.3, -0.25) is 9.08 Å². The van der Waals surface area contributed by atoms with Gasteiger partial charge in [0.25, 0.3) is 0 Å². The van der Waals surface area contributed by atoms with Crippen LogP contribution >= 0.6 is 23.2 Å². The summed E-state index contributed by atoms with van der Waals surface area (Å²) in [7, 11) is 1.74. The number of carbonyl (C=O) groups is 1. The molecule has 1 unspecified atom stereocenters. The lowest BCUT2D eigenvalue weighted by Crippen LogP contribution is -2.35. The van der Waals surface area contributed by atoms with Crippen LogP contribution < -0.4 is 4.80 Å². The minimum Gasteiger partial charge on any atom is -0.378 e. The van der Waals surface area contributed by atoms with Gasteiger partial charge in [-0.05, 0) is 43.2 Å². The summed E-state index contributed by atoms with van der Waals surface area (Å²) in [6.45, 7) is 4.48. The predicted octanol–water partition coefficient (Wildman–Crippen LogP) is 4.20. The molecule has 0 bridgehead atoms. The number of benzene rings is 1. The molecule has 1 amide bonds. The summed E-state index contributed by atoms with van der Waals surface area (Å²) in [6, 6.07) is 6.18. The number of rotatable bonds is 9. The number of aromatic nitrogens is 1. The maximum atomic E-state index is 13.4. The van der Waals surface area contributed by atoms with E-state index in [0.29, 0.717) is 18.8 Å². The molecular formula is C25H30ClFN4O3S. The zero-order chi connectivity index (χ0) is 24.6. The summed E-state index contributed by atoms with van der Waals surface area (Å²) in [5, 5.41) is 2.15. The van der Waals surface area contributed by atoms with Crippen LogP contribution in [-0.4, -0.2) is 66.8 Å². The van der Waals surface area contributed by atoms with Gasteiger partial charge >= 0.3 is 0 Å². The number of likely N-dealkylation sites (N-methyl/N-ethyl adjacent to an activating group) is 1. The minimum atomic E-state index is -0.285. The smallest absolute Gasteiger partial charge is 0.250 e. The molecule has 0 saturated carbocycles. The number of nitrogens with zero attached hydrogens (tertiary/aromatic N) is 4. The van der Waals surface area contributed by atoms with Crippen LogP contribution in [0.15, 0.2) is 58.6 Å². The van der Waals surface area contributed by atoms with Gasteiger partial charge in [0, 0.05) is 55.9 Å². The van der Waals surface area contributed by atoms with E-state index in [4.69, 9.17) is 21.6 Å². The van der Waals surface area contributed by atoms with Crippen LogP contribution in [-0.2, 0) is 20.4 Å². The average Bonchev–Trinajstić information content (AvgIpc) is 3.28. The minimum absolute atomic E-state index is 0.148. The third-order valence-electron chi connectivity index (χ3n) is 6.19. The molecule has 1 saturated heterocycles. The van der Waals surface area contributed by atoms with Crippen molar-refractivity contribution in [3.05, 3.63) is 69.9 Å². The first-order valence-corrected chi connectivity index (χ1v) is 12.9. The SMILES string of the molecule is CN(CCCn1c(C2C=CC(N3CCOCC3)=CC2)cs/c1=N\c1ccc(F)cc1)C(=O)COCl. The fraction of sp³-hybridized carbons (Fsp3) is 0.440. The highest BCUT2D eigenvalue weighted by Crippen LogP contribution is 2.29. The van der Waals surface area contributed by atoms with E-state index in [1.54, 1.807) is 35.4 Å². The van der Waals surface area contributed by atoms with Gasteiger partial charge < -0.3 is 19.1 Å². The van der Waals surface area contributed by atoms with Crippen molar-refractivity contribution in [3.8, 4) is 0 Å². The van der Waals surface area contributed by atoms with Crippen molar-refractivity contribution in [1.82, 2.24) is 14.4 Å². The van der Waals surface area contributed by atoms with E-state index in [-0.39, 0.29) is 24.2 Å². The number of thiazole rings is 1. The predicted molar refractivity (Wildman–Crippen MR) is 135 cm³/mol. The molecule has 1 fully saturated rings. The Morgan fingerprint density at radius 1 is 1.31 bits per heavy atom. The molecule has 0 N–H and O–H groups in total. The van der Waals surface area contributed by atoms with Crippen molar-refractivity contribution in [2.24, 2.45) is 4.99 Å². The standard InChI is InChI=1S/C25H30ClFN4O3S/c1-29(24(32)17-34-26)11-2-12-31-23(18-35-25(31)28-21-7-5-20(27)6-8-21)19-3-9-22(10-4-19)30-13-15-33-16-14-30/h3,5-10,18-19H,2,4,11-17H2,1H3/b28-25-. The lowest BCUT2D eigenvalue weighted by atomic mass is 9.96. The number of carbonyl (C=O) groups excluding carboxylic acids is 1. The second-order valence-electron chi connectivity index (χ2n) is 8.54. The number of ether oxygens (including phenoxy) is 1. The Labute approximate surface area is 213 Å². The largest absolute Gasteiger partial charge is 0.378 e. The summed E-state index contributed by atoms with van der Waals surface area (Å²) < 4.78 is 25.5. The van der Waals surface area contributed by atoms with Gasteiger partial charge in [0.1, 0.15) is 12.4 Å². The maximum absolute atomic E-state index is 13.4. The average molecular weight is 521 g/mol. The zero-order valence-corrected chi connectivity index (χ0v) is 21.3. The van der Waals surface area contributed by atoms with E-state index < -0.39 is 0 Å². The first-order chi connectivity index (χ1) is 17.0. The summed E-state index contributed by atoms with van der Waals surface area (Å²) in [5.41, 5.74) is 3.14. The first kappa shape index (κ1) is 25.6. The summed E-state index contributed by atoms with van der Waals surface area (Å²) >= 11 is 6.80. The Bertz CT molecular complexity index is 1120. The number of hydrogen-bond donors (Lipinski definition) is 0. The van der Waals surface area contributed by atoms with Crippen LogP contribution in [0.3, 0.4) is 0 Å². The molecule has 1 aliphatic carbocycles. The quantitative estimate of drug-likeness (QED) is 0.497. The second-order valence-corrected chi connectivity index (χ2v) is 9.59. The normalized spacial score (nSPS) is 18.6. The zero-order valence-electron chi connectivity index (χ0n) is 19.7. The van der Waals surface area contributed by atoms with Crippen LogP contribution in [0.25, 0.3) is 0 Å². The summed E-state index contributed by atoms with van der Waals surface area (Å²) in [5.74, 6) is -0.215. The Morgan fingerprint density at radius 2 is 2.09 bits per heavy atom. The van der Waals surface area contributed by atoms with Crippen LogP contribution in [0.1, 0.15) is 24.5 Å². The van der Waals surface area contributed by atoms with Crippen molar-refractivity contribution in [3.63, 3.8) is 0 Å². The van der Waals surface area contributed by atoms with Crippen molar-refractivity contribution >= 4 is 34.8 Å². The first-order valence-electron chi connectivity index (χ1n) is 11.7. The van der Waals surface area contributed by atoms with Gasteiger partial charge in [0.15, 0.2) is 4.80 Å². The molecule has 1 aromatic carbocycles. The highest BCUT2D eigenvalue weighted by Gasteiger charge is 2.20. The van der Waals surface area contributed by atoms with E-state index in [2.05, 4.69) is 37.4 Å². The van der Waals surface area contributed by atoms with E-state index in [0.717, 1.165) is 43.9 Å². The van der Waals surface area contributed by atoms with Crippen LogP contribution in [0.5, 0.6) is 0 Å². The topological polar surface area (TPSA) is 59.3 Å². The molecule has 35 heavy (non-hydrogen) atoms. The Morgan fingerprint density at radius 3 is 2.77 bits per heavy atom. The maximum Gasteiger partial charge on any atom is 0.250 e. The lowest BCUT2D eigenvalue weighted by Gasteiger charge is -2.31. The van der Waals surface area contributed by atoms with Crippen molar-refractivity contribution in [2.75, 3.05) is 46.5 Å². The van der Waals surface area contributed by atoms with Gasteiger partial charge in [-0.1, -0.05) is 12.2 Å². The number of hydrogen-bond acceptors (Lipinski definition) is 6. The van der Waals surface area contributed by atoms with Crippen LogP contribution in [0.4, 0.5) is 10.1 Å². The number of halogens is 2. The highest BCUT2D eigenvalue weighted by atomic mass is 35.5. The molecule has 0 radical (unpaired) electrons. The molecule has 1 aliphatic heterocycles. The third kappa shape index (κ3) is 6.82. The van der Waals surface area contributed by atoms with E-state index in [1.165, 1.54) is 23.5 Å². The molecule has 2 aliphatic rings. The van der Waals surface area contributed by atoms with Gasteiger partial charge in [0.05, 0.1) is 30.8 Å². The number of amides is 1. The molecule has 188 valence electrons. The van der Waals surface area contributed by atoms with Gasteiger partial charge in [-0.25, -0.2) is 9.38 Å². The summed E-state index contributed by atoms with van der Waals surface area (Å²) in [6.07, 6.45) is 8.42. The second kappa shape index (κ2) is 12.5. The van der Waals surface area contributed by atoms with Crippen molar-refractivity contribution in [2.45, 2.75) is 25.3 Å². The Hall–Kier alpha value is -2.46. The fourth-order valence-electron chi connectivity index (χ4n) is 4.21. The molecule has 7 nitrogen and oxygen atoms in total. The van der Waals surface area contributed by atoms with E-state index in [9.17, 15) is 9.18 Å². The van der Waals surface area contributed by atoms with E-state index in [1.807, 2.05) is 0 Å². The molecule has 1 atom stereocenters. The molecule has 2 aromatic rings. The molecule has 10 heteroatoms. The Balaban J connectivity index is 1.53. The molecular weight excluding hydrogens is 491 g/mol. The van der Waals surface area contributed by atoms with Gasteiger partial charge in [-0.15, -0.1) is 11.3 Å². The Kier molecular flexibility index (Phi) is 9.14. The fourth-order valence-corrected chi connectivity index (χ4v) is 5.31. The van der Waals surface area contributed by atoms with E-state index >= 15 is 0 Å². The monoisotopic (exact) mass is 520 g/mol. The number of allylic oxidation sites excluding steroid dienone is 3. The van der Waals surface area contributed by atoms with Crippen LogP contribution in [0, 0.1) is 5.82 Å². The van der Waals surface area contributed by atoms with Crippen molar-refractivity contribution < 1.29 is 18.2 Å². The molecule has 0 spiro atoms. The number of morpholine rings is 1. The van der Waals surface area contributed by atoms with Gasteiger partial charge in [0.2, 0.25) is 5.91 Å². The van der Waals surface area contributed by atoms with Crippen LogP contribution in [0.2, 0.25) is 0 Å². The highest BCUT2D eigenvalue weighted by molar-refractivity contribution is 7.07. The summed E-state index contributed by atoms with van der Waals surface area (Å²) in [4.78, 5) is 21.6. The molecule has 1 aromatic heterocycles.